The van der Waals surface area contributed by atoms with Gasteiger partial charge in [0.25, 0.3) is 0 Å². The van der Waals surface area contributed by atoms with Crippen molar-refractivity contribution in [2.45, 2.75) is 50.4 Å². The monoisotopic (exact) mass is 437 g/mol. The fraction of sp³-hybridized carbons (Fsp3) is 0.562. The van der Waals surface area contributed by atoms with Crippen LogP contribution >= 0.6 is 35.7 Å². The van der Waals surface area contributed by atoms with Crippen LogP contribution in [0.2, 0.25) is 0 Å². The van der Waals surface area contributed by atoms with Gasteiger partial charge >= 0.3 is 0 Å². The molecule has 0 aromatic heterocycles. The molecular formula is C16H25FIN3S. The summed E-state index contributed by atoms with van der Waals surface area (Å²) in [6.07, 6.45) is 8.20. The molecule has 2 rings (SSSR count). The predicted molar refractivity (Wildman–Crippen MR) is 104 cm³/mol. The smallest absolute Gasteiger partial charge is 0.189 e. The van der Waals surface area contributed by atoms with Crippen LogP contribution in [0.3, 0.4) is 0 Å². The van der Waals surface area contributed by atoms with Crippen molar-refractivity contribution in [3.8, 4) is 0 Å². The Hall–Kier alpha value is -0.500. The summed E-state index contributed by atoms with van der Waals surface area (Å²) in [5.41, 5.74) is 8.00. The maximum Gasteiger partial charge on any atom is 0.189 e. The molecule has 0 radical (unpaired) electrons. The summed E-state index contributed by atoms with van der Waals surface area (Å²) in [7, 11) is 0. The van der Waals surface area contributed by atoms with E-state index in [0.717, 1.165) is 16.9 Å². The lowest BCUT2D eigenvalue weighted by molar-refractivity contribution is 0.412. The molecule has 1 aliphatic rings. The number of benzene rings is 1. The molecular weight excluding hydrogens is 412 g/mol. The minimum absolute atomic E-state index is 0. The zero-order valence-corrected chi connectivity index (χ0v) is 16.1. The first-order chi connectivity index (χ1) is 10.2. The molecule has 6 heteroatoms. The van der Waals surface area contributed by atoms with E-state index < -0.39 is 0 Å². The van der Waals surface area contributed by atoms with Crippen LogP contribution in [-0.4, -0.2) is 18.3 Å². The van der Waals surface area contributed by atoms with E-state index in [4.69, 9.17) is 5.73 Å². The van der Waals surface area contributed by atoms with Crippen LogP contribution in [0, 0.1) is 5.82 Å². The summed E-state index contributed by atoms with van der Waals surface area (Å²) in [6.45, 7) is 0.502. The Morgan fingerprint density at radius 2 is 2.05 bits per heavy atom. The highest BCUT2D eigenvalue weighted by Gasteiger charge is 2.13. The fourth-order valence-electron chi connectivity index (χ4n) is 2.71. The lowest BCUT2D eigenvalue weighted by Crippen LogP contribution is -2.41. The van der Waals surface area contributed by atoms with E-state index in [0.29, 0.717) is 18.5 Å². The van der Waals surface area contributed by atoms with Crippen molar-refractivity contribution in [3.05, 3.63) is 35.1 Å². The van der Waals surface area contributed by atoms with Crippen molar-refractivity contribution in [1.29, 1.82) is 0 Å². The first-order valence-electron chi connectivity index (χ1n) is 7.51. The third-order valence-electron chi connectivity index (χ3n) is 3.85. The molecule has 0 amide bonds. The van der Waals surface area contributed by atoms with Crippen molar-refractivity contribution in [2.24, 2.45) is 10.7 Å². The molecule has 0 aliphatic heterocycles. The van der Waals surface area contributed by atoms with Gasteiger partial charge in [0.2, 0.25) is 0 Å². The molecule has 3 nitrogen and oxygen atoms in total. The van der Waals surface area contributed by atoms with Gasteiger partial charge in [0.1, 0.15) is 5.82 Å². The molecule has 124 valence electrons. The highest BCUT2D eigenvalue weighted by atomic mass is 127. The van der Waals surface area contributed by atoms with E-state index in [-0.39, 0.29) is 29.8 Å². The van der Waals surface area contributed by atoms with Gasteiger partial charge in [-0.25, -0.2) is 9.38 Å². The number of hydrogen-bond acceptors (Lipinski definition) is 2. The largest absolute Gasteiger partial charge is 0.370 e. The predicted octanol–water partition coefficient (Wildman–Crippen LogP) is 4.04. The maximum atomic E-state index is 13.3. The van der Waals surface area contributed by atoms with Crippen LogP contribution < -0.4 is 11.1 Å². The number of halogens is 2. The Morgan fingerprint density at radius 1 is 1.32 bits per heavy atom. The standard InChI is InChI=1S/C16H24FN3S.HI/c1-21-11-13-9-14(17)8-7-12(13)10-19-16(18)20-15-5-3-2-4-6-15;/h7-9,15H,2-6,10-11H2,1H3,(H3,18,19,20);1H. The van der Waals surface area contributed by atoms with Gasteiger partial charge in [0.05, 0.1) is 6.54 Å². The lowest BCUT2D eigenvalue weighted by Gasteiger charge is -2.23. The van der Waals surface area contributed by atoms with Gasteiger partial charge in [0.15, 0.2) is 5.96 Å². The molecule has 0 saturated heterocycles. The SMILES string of the molecule is CSCc1cc(F)ccc1CN=C(N)NC1CCCCC1.I. The van der Waals surface area contributed by atoms with E-state index in [2.05, 4.69) is 10.3 Å². The highest BCUT2D eigenvalue weighted by molar-refractivity contribution is 14.0. The Balaban J connectivity index is 0.00000242. The van der Waals surface area contributed by atoms with Gasteiger partial charge in [-0.2, -0.15) is 11.8 Å². The molecule has 22 heavy (non-hydrogen) atoms. The number of nitrogens with one attached hydrogen (secondary N) is 1. The Labute approximate surface area is 153 Å². The van der Waals surface area contributed by atoms with Gasteiger partial charge < -0.3 is 11.1 Å². The second-order valence-corrected chi connectivity index (χ2v) is 6.39. The highest BCUT2D eigenvalue weighted by Crippen LogP contribution is 2.18. The first kappa shape index (κ1) is 19.5. The van der Waals surface area contributed by atoms with Crippen LogP contribution in [0.25, 0.3) is 0 Å². The van der Waals surface area contributed by atoms with Gasteiger partial charge in [-0.05, 0) is 42.4 Å². The van der Waals surface area contributed by atoms with E-state index in [1.807, 2.05) is 6.26 Å². The quantitative estimate of drug-likeness (QED) is 0.415. The van der Waals surface area contributed by atoms with Crippen LogP contribution in [0.5, 0.6) is 0 Å². The number of hydrogen-bond donors (Lipinski definition) is 2. The number of guanidine groups is 1. The van der Waals surface area contributed by atoms with E-state index >= 15 is 0 Å². The Bertz CT molecular complexity index is 490. The van der Waals surface area contributed by atoms with Gasteiger partial charge in [-0.1, -0.05) is 25.3 Å². The first-order valence-corrected chi connectivity index (χ1v) is 8.91. The third kappa shape index (κ3) is 6.32. The fourth-order valence-corrected chi connectivity index (χ4v) is 3.29. The third-order valence-corrected chi connectivity index (χ3v) is 4.44. The molecule has 0 atom stereocenters. The molecule has 1 aromatic rings. The summed E-state index contributed by atoms with van der Waals surface area (Å²) in [6, 6.07) is 5.34. The molecule has 0 heterocycles. The second kappa shape index (κ2) is 10.3. The minimum Gasteiger partial charge on any atom is -0.370 e. The van der Waals surface area contributed by atoms with E-state index in [9.17, 15) is 4.39 Å². The summed E-state index contributed by atoms with van der Waals surface area (Å²) in [4.78, 5) is 4.41. The zero-order chi connectivity index (χ0) is 15.1. The average molecular weight is 437 g/mol. The van der Waals surface area contributed by atoms with E-state index in [1.165, 1.54) is 38.2 Å². The maximum absolute atomic E-state index is 13.3. The van der Waals surface area contributed by atoms with Crippen molar-refractivity contribution >= 4 is 41.7 Å². The average Bonchev–Trinajstić information content (AvgIpc) is 2.48. The molecule has 1 aliphatic carbocycles. The van der Waals surface area contributed by atoms with Crippen molar-refractivity contribution in [3.63, 3.8) is 0 Å². The van der Waals surface area contributed by atoms with Gasteiger partial charge in [0, 0.05) is 11.8 Å². The van der Waals surface area contributed by atoms with Crippen LogP contribution in [0.1, 0.15) is 43.2 Å². The summed E-state index contributed by atoms with van der Waals surface area (Å²) >= 11 is 1.68. The zero-order valence-electron chi connectivity index (χ0n) is 13.0. The van der Waals surface area contributed by atoms with Crippen LogP contribution in [-0.2, 0) is 12.3 Å². The summed E-state index contributed by atoms with van der Waals surface area (Å²) in [5.74, 6) is 1.10. The van der Waals surface area contributed by atoms with Crippen molar-refractivity contribution in [2.75, 3.05) is 6.26 Å². The molecule has 1 fully saturated rings. The molecule has 1 aromatic carbocycles. The molecule has 1 saturated carbocycles. The summed E-state index contributed by atoms with van der Waals surface area (Å²) < 4.78 is 13.3. The number of thioether (sulfide) groups is 1. The normalized spacial score (nSPS) is 16.2. The van der Waals surface area contributed by atoms with Crippen LogP contribution in [0.15, 0.2) is 23.2 Å². The number of nitrogens with two attached hydrogens (primary N) is 1. The Kier molecular flexibility index (Phi) is 9.16. The number of aliphatic imine (C=N–C) groups is 1. The van der Waals surface area contributed by atoms with Crippen molar-refractivity contribution in [1.82, 2.24) is 5.32 Å². The number of rotatable bonds is 5. The van der Waals surface area contributed by atoms with Gasteiger partial charge in [-0.15, -0.1) is 24.0 Å². The summed E-state index contributed by atoms with van der Waals surface area (Å²) in [5, 5.41) is 3.30. The van der Waals surface area contributed by atoms with E-state index in [1.54, 1.807) is 23.9 Å². The molecule has 0 unspecified atom stereocenters. The van der Waals surface area contributed by atoms with Gasteiger partial charge in [-0.3, -0.25) is 0 Å². The molecule has 3 N–H and O–H groups in total. The molecule has 0 spiro atoms. The topological polar surface area (TPSA) is 50.4 Å². The Morgan fingerprint density at radius 3 is 2.73 bits per heavy atom. The lowest BCUT2D eigenvalue weighted by atomic mass is 9.96. The van der Waals surface area contributed by atoms with Crippen molar-refractivity contribution < 1.29 is 4.39 Å². The minimum atomic E-state index is -0.194. The second-order valence-electron chi connectivity index (χ2n) is 5.53. The van der Waals surface area contributed by atoms with Crippen LogP contribution in [0.4, 0.5) is 4.39 Å². The number of nitrogens with zero attached hydrogens (tertiary/aromatic N) is 1. The molecule has 0 bridgehead atoms.